The summed E-state index contributed by atoms with van der Waals surface area (Å²) in [5, 5.41) is 4.10. The van der Waals surface area contributed by atoms with Crippen molar-refractivity contribution in [1.82, 2.24) is 15.0 Å². The Hall–Kier alpha value is -2.95. The third-order valence-corrected chi connectivity index (χ3v) is 5.64. The van der Waals surface area contributed by atoms with Crippen molar-refractivity contribution in [3.8, 4) is 11.4 Å². The van der Waals surface area contributed by atoms with Crippen molar-refractivity contribution in [2.24, 2.45) is 0 Å². The molecular weight excluding hydrogens is 374 g/mol. The second-order valence-electron chi connectivity index (χ2n) is 8.53. The number of nitrogens with zero attached hydrogens (tertiary/aromatic N) is 3. The predicted molar refractivity (Wildman–Crippen MR) is 117 cm³/mol. The van der Waals surface area contributed by atoms with E-state index >= 15 is 0 Å². The molecule has 1 aromatic heterocycles. The topological polar surface area (TPSA) is 59.2 Å². The van der Waals surface area contributed by atoms with E-state index in [0.29, 0.717) is 43.1 Å². The maximum Gasteiger partial charge on any atom is 0.227 e. The average molecular weight is 404 g/mol. The van der Waals surface area contributed by atoms with Gasteiger partial charge in [-0.05, 0) is 36.8 Å². The molecular formula is C25H29N3O2. The highest BCUT2D eigenvalue weighted by atomic mass is 16.5. The van der Waals surface area contributed by atoms with Crippen molar-refractivity contribution in [1.29, 1.82) is 0 Å². The highest BCUT2D eigenvalue weighted by Gasteiger charge is 2.32. The largest absolute Gasteiger partial charge is 0.339 e. The van der Waals surface area contributed by atoms with Crippen LogP contribution in [0.1, 0.15) is 61.6 Å². The van der Waals surface area contributed by atoms with E-state index in [1.807, 2.05) is 17.0 Å². The van der Waals surface area contributed by atoms with E-state index in [1.54, 1.807) is 0 Å². The Bertz CT molecular complexity index is 986. The summed E-state index contributed by atoms with van der Waals surface area (Å²) >= 11 is 0. The van der Waals surface area contributed by atoms with Crippen molar-refractivity contribution >= 4 is 5.91 Å². The summed E-state index contributed by atoms with van der Waals surface area (Å²) in [6.45, 7) is 7.08. The van der Waals surface area contributed by atoms with Crippen LogP contribution >= 0.6 is 0 Å². The van der Waals surface area contributed by atoms with Gasteiger partial charge in [0, 0.05) is 31.0 Å². The minimum absolute atomic E-state index is 0.152. The second-order valence-corrected chi connectivity index (χ2v) is 8.53. The van der Waals surface area contributed by atoms with Crippen molar-refractivity contribution in [2.75, 3.05) is 0 Å². The first-order valence-electron chi connectivity index (χ1n) is 10.8. The van der Waals surface area contributed by atoms with Gasteiger partial charge in [0.2, 0.25) is 17.6 Å². The van der Waals surface area contributed by atoms with Crippen molar-refractivity contribution in [3.63, 3.8) is 0 Å². The third-order valence-electron chi connectivity index (χ3n) is 5.64. The molecule has 1 amide bonds. The van der Waals surface area contributed by atoms with Crippen molar-refractivity contribution in [3.05, 3.63) is 71.1 Å². The van der Waals surface area contributed by atoms with Gasteiger partial charge in [0.1, 0.15) is 0 Å². The summed E-state index contributed by atoms with van der Waals surface area (Å²) in [6.07, 6.45) is 3.03. The highest BCUT2D eigenvalue weighted by Crippen LogP contribution is 2.29. The van der Waals surface area contributed by atoms with Gasteiger partial charge in [-0.15, -0.1) is 0 Å². The lowest BCUT2D eigenvalue weighted by Crippen LogP contribution is -2.32. The monoisotopic (exact) mass is 403 g/mol. The third kappa shape index (κ3) is 4.96. The van der Waals surface area contributed by atoms with Crippen LogP contribution in [0.5, 0.6) is 0 Å². The number of hydrogen-bond donors (Lipinski definition) is 0. The van der Waals surface area contributed by atoms with Crippen LogP contribution in [0, 0.1) is 6.92 Å². The van der Waals surface area contributed by atoms with Crippen LogP contribution < -0.4 is 0 Å². The van der Waals surface area contributed by atoms with Gasteiger partial charge in [-0.2, -0.15) is 4.98 Å². The van der Waals surface area contributed by atoms with E-state index in [9.17, 15) is 4.79 Å². The van der Waals surface area contributed by atoms with Crippen LogP contribution in [0.4, 0.5) is 0 Å². The number of carbonyl (C=O) groups is 1. The van der Waals surface area contributed by atoms with Crippen molar-refractivity contribution in [2.45, 2.75) is 65.0 Å². The molecule has 0 aliphatic heterocycles. The Kier molecular flexibility index (Phi) is 5.98. The lowest BCUT2D eigenvalue weighted by atomic mass is 10.0. The van der Waals surface area contributed by atoms with Gasteiger partial charge in [-0.1, -0.05) is 73.1 Å². The number of aromatic nitrogens is 2. The Balaban J connectivity index is 1.36. The molecule has 30 heavy (non-hydrogen) atoms. The van der Waals surface area contributed by atoms with Crippen molar-refractivity contribution < 1.29 is 9.32 Å². The Morgan fingerprint density at radius 1 is 1.10 bits per heavy atom. The minimum Gasteiger partial charge on any atom is -0.339 e. The molecule has 1 heterocycles. The van der Waals surface area contributed by atoms with Crippen LogP contribution in [0.2, 0.25) is 0 Å². The number of benzene rings is 2. The molecule has 1 aliphatic rings. The van der Waals surface area contributed by atoms with Gasteiger partial charge in [-0.3, -0.25) is 4.79 Å². The fraction of sp³-hybridized carbons (Fsp3) is 0.400. The molecule has 1 saturated carbocycles. The maximum atomic E-state index is 12.9. The zero-order valence-electron chi connectivity index (χ0n) is 18.0. The number of carbonyl (C=O) groups excluding carboxylic acids is 1. The summed E-state index contributed by atoms with van der Waals surface area (Å²) < 4.78 is 5.40. The maximum absolute atomic E-state index is 12.9. The normalized spacial score (nSPS) is 13.6. The standard InChI is InChI=1S/C25H29N3O2/c1-17(2)20-8-10-21(11-9-20)25-26-23(30-27-25)14-15-24(29)28(22-12-13-22)16-19-6-4-18(3)5-7-19/h4-11,17,22H,12-16H2,1-3H3. The summed E-state index contributed by atoms with van der Waals surface area (Å²) in [7, 11) is 0. The fourth-order valence-electron chi connectivity index (χ4n) is 3.55. The molecule has 0 unspecified atom stereocenters. The van der Waals surface area contributed by atoms with Gasteiger partial charge in [0.25, 0.3) is 0 Å². The molecule has 0 atom stereocenters. The van der Waals surface area contributed by atoms with E-state index < -0.39 is 0 Å². The number of rotatable bonds is 8. The molecule has 0 spiro atoms. The lowest BCUT2D eigenvalue weighted by Gasteiger charge is -2.22. The van der Waals surface area contributed by atoms with E-state index in [4.69, 9.17) is 4.52 Å². The first-order chi connectivity index (χ1) is 14.5. The van der Waals surface area contributed by atoms with E-state index in [2.05, 4.69) is 67.3 Å². The summed E-state index contributed by atoms with van der Waals surface area (Å²) in [5.41, 5.74) is 4.61. The van der Waals surface area contributed by atoms with Crippen LogP contribution in [-0.4, -0.2) is 27.0 Å². The summed E-state index contributed by atoms with van der Waals surface area (Å²) in [5.74, 6) is 1.73. The van der Waals surface area contributed by atoms with E-state index in [1.165, 1.54) is 16.7 Å². The minimum atomic E-state index is 0.152. The molecule has 5 nitrogen and oxygen atoms in total. The Morgan fingerprint density at radius 2 is 1.80 bits per heavy atom. The van der Waals surface area contributed by atoms with Gasteiger partial charge >= 0.3 is 0 Å². The van der Waals surface area contributed by atoms with Gasteiger partial charge in [-0.25, -0.2) is 0 Å². The van der Waals surface area contributed by atoms with Crippen LogP contribution in [0.15, 0.2) is 53.1 Å². The second kappa shape index (κ2) is 8.82. The average Bonchev–Trinajstić information content (AvgIpc) is 3.48. The molecule has 1 aliphatic carbocycles. The van der Waals surface area contributed by atoms with Gasteiger partial charge in [0.15, 0.2) is 0 Å². The zero-order valence-corrected chi connectivity index (χ0v) is 18.0. The first-order valence-corrected chi connectivity index (χ1v) is 10.8. The lowest BCUT2D eigenvalue weighted by molar-refractivity contribution is -0.132. The Labute approximate surface area is 178 Å². The Morgan fingerprint density at radius 3 is 2.43 bits per heavy atom. The summed E-state index contributed by atoms with van der Waals surface area (Å²) in [6, 6.07) is 17.0. The fourth-order valence-corrected chi connectivity index (χ4v) is 3.55. The van der Waals surface area contributed by atoms with Crippen LogP contribution in [0.3, 0.4) is 0 Å². The number of hydrogen-bond acceptors (Lipinski definition) is 4. The molecule has 156 valence electrons. The molecule has 4 rings (SSSR count). The first kappa shape index (κ1) is 20.3. The van der Waals surface area contributed by atoms with Crippen LogP contribution in [0.25, 0.3) is 11.4 Å². The molecule has 0 bridgehead atoms. The van der Waals surface area contributed by atoms with Crippen LogP contribution in [-0.2, 0) is 17.8 Å². The molecule has 0 N–H and O–H groups in total. The zero-order chi connectivity index (χ0) is 21.1. The number of aryl methyl sites for hydroxylation is 2. The SMILES string of the molecule is Cc1ccc(CN(C(=O)CCc2nc(-c3ccc(C(C)C)cc3)no2)C2CC2)cc1. The molecule has 0 saturated heterocycles. The van der Waals surface area contributed by atoms with E-state index in [-0.39, 0.29) is 5.91 Å². The summed E-state index contributed by atoms with van der Waals surface area (Å²) in [4.78, 5) is 19.4. The quantitative estimate of drug-likeness (QED) is 0.513. The van der Waals surface area contributed by atoms with Gasteiger partial charge in [0.05, 0.1) is 0 Å². The van der Waals surface area contributed by atoms with E-state index in [0.717, 1.165) is 18.4 Å². The molecule has 0 radical (unpaired) electrons. The molecule has 1 fully saturated rings. The highest BCUT2D eigenvalue weighted by molar-refractivity contribution is 5.77. The predicted octanol–water partition coefficient (Wildman–Crippen LogP) is 5.29. The smallest absolute Gasteiger partial charge is 0.227 e. The number of amides is 1. The molecule has 3 aromatic rings. The molecule has 5 heteroatoms. The van der Waals surface area contributed by atoms with Gasteiger partial charge < -0.3 is 9.42 Å². The molecule has 2 aromatic carbocycles.